The van der Waals surface area contributed by atoms with E-state index in [4.69, 9.17) is 20.6 Å². The molecule has 0 heterocycles. The predicted octanol–water partition coefficient (Wildman–Crippen LogP) is 2.95. The molecule has 0 atom stereocenters. The summed E-state index contributed by atoms with van der Waals surface area (Å²) in [5.41, 5.74) is 6.03. The van der Waals surface area contributed by atoms with Gasteiger partial charge in [0.15, 0.2) is 9.84 Å². The van der Waals surface area contributed by atoms with Crippen molar-refractivity contribution in [2.45, 2.75) is 24.8 Å². The molecule has 3 N–H and O–H groups in total. The molecule has 0 aliphatic carbocycles. The molecule has 0 aliphatic heterocycles. The fourth-order valence-electron chi connectivity index (χ4n) is 2.02. The number of hydrogen-bond donors (Lipinski definition) is 2. The van der Waals surface area contributed by atoms with Crippen molar-refractivity contribution in [1.29, 1.82) is 5.41 Å². The number of nitrogens with one attached hydrogen (secondary N) is 1. The Kier molecular flexibility index (Phi) is 5.14. The summed E-state index contributed by atoms with van der Waals surface area (Å²) in [6, 6.07) is 11.1. The third kappa shape index (κ3) is 4.73. The van der Waals surface area contributed by atoms with E-state index in [0.717, 1.165) is 6.26 Å². The molecule has 2 rings (SSSR count). The Balaban J connectivity index is 2.31. The first-order valence-corrected chi connectivity index (χ1v) is 9.18. The van der Waals surface area contributed by atoms with Crippen molar-refractivity contribution >= 4 is 15.7 Å². The van der Waals surface area contributed by atoms with Gasteiger partial charge in [0.05, 0.1) is 11.0 Å². The number of nitrogen functional groups attached to an aromatic ring is 1. The zero-order valence-electron chi connectivity index (χ0n) is 13.7. The fourth-order valence-corrected chi connectivity index (χ4v) is 2.65. The lowest BCUT2D eigenvalue weighted by Gasteiger charge is -2.14. The summed E-state index contributed by atoms with van der Waals surface area (Å²) in [7, 11) is -3.25. The Hall–Kier alpha value is -2.54. The van der Waals surface area contributed by atoms with Crippen LogP contribution in [0.5, 0.6) is 17.2 Å². The first-order valence-electron chi connectivity index (χ1n) is 7.29. The largest absolute Gasteiger partial charge is 0.491 e. The van der Waals surface area contributed by atoms with Crippen LogP contribution in [0, 0.1) is 5.41 Å². The van der Waals surface area contributed by atoms with Crippen LogP contribution in [0.1, 0.15) is 19.4 Å². The van der Waals surface area contributed by atoms with Crippen LogP contribution in [0.3, 0.4) is 0 Å². The minimum Gasteiger partial charge on any atom is -0.491 e. The first kappa shape index (κ1) is 17.8. The predicted molar refractivity (Wildman–Crippen MR) is 92.8 cm³/mol. The van der Waals surface area contributed by atoms with Crippen molar-refractivity contribution in [2.24, 2.45) is 5.73 Å². The minimum atomic E-state index is -3.25. The second-order valence-electron chi connectivity index (χ2n) is 5.62. The molecule has 24 heavy (non-hydrogen) atoms. The molecule has 0 bridgehead atoms. The van der Waals surface area contributed by atoms with Crippen LogP contribution >= 0.6 is 0 Å². The molecule has 128 valence electrons. The molecular weight excluding hydrogens is 328 g/mol. The van der Waals surface area contributed by atoms with Crippen molar-refractivity contribution in [1.82, 2.24) is 0 Å². The van der Waals surface area contributed by atoms with Crippen LogP contribution in [0.25, 0.3) is 0 Å². The second kappa shape index (κ2) is 6.92. The molecule has 0 aliphatic rings. The monoisotopic (exact) mass is 348 g/mol. The highest BCUT2D eigenvalue weighted by molar-refractivity contribution is 7.90. The Morgan fingerprint density at radius 1 is 1.04 bits per heavy atom. The molecule has 0 aromatic heterocycles. The maximum atomic E-state index is 11.5. The molecule has 0 unspecified atom stereocenters. The molecule has 7 heteroatoms. The van der Waals surface area contributed by atoms with E-state index in [1.807, 2.05) is 13.8 Å². The molecule has 0 saturated carbocycles. The second-order valence-corrected chi connectivity index (χ2v) is 7.63. The van der Waals surface area contributed by atoms with Crippen LogP contribution in [-0.2, 0) is 9.84 Å². The van der Waals surface area contributed by atoms with Gasteiger partial charge in [0.1, 0.15) is 23.1 Å². The minimum absolute atomic E-state index is 0.0332. The van der Waals surface area contributed by atoms with E-state index < -0.39 is 9.84 Å². The summed E-state index contributed by atoms with van der Waals surface area (Å²) in [6.07, 6.45) is 1.11. The number of hydrogen-bond acceptors (Lipinski definition) is 5. The molecule has 0 fully saturated rings. The summed E-state index contributed by atoms with van der Waals surface area (Å²) < 4.78 is 34.3. The van der Waals surface area contributed by atoms with E-state index in [0.29, 0.717) is 22.8 Å². The van der Waals surface area contributed by atoms with E-state index in [1.54, 1.807) is 30.3 Å². The molecule has 0 radical (unpaired) electrons. The van der Waals surface area contributed by atoms with Gasteiger partial charge in [0.2, 0.25) is 0 Å². The van der Waals surface area contributed by atoms with E-state index in [-0.39, 0.29) is 16.8 Å². The van der Waals surface area contributed by atoms with Gasteiger partial charge in [-0.1, -0.05) is 0 Å². The quantitative estimate of drug-likeness (QED) is 0.617. The number of rotatable bonds is 6. The van der Waals surface area contributed by atoms with Crippen molar-refractivity contribution < 1.29 is 17.9 Å². The highest BCUT2D eigenvalue weighted by atomic mass is 32.2. The highest BCUT2D eigenvalue weighted by Gasteiger charge is 2.10. The number of sulfone groups is 1. The Morgan fingerprint density at radius 2 is 1.62 bits per heavy atom. The van der Waals surface area contributed by atoms with Crippen molar-refractivity contribution in [2.75, 3.05) is 6.26 Å². The highest BCUT2D eigenvalue weighted by Crippen LogP contribution is 2.28. The van der Waals surface area contributed by atoms with E-state index >= 15 is 0 Å². The molecule has 0 saturated heterocycles. The van der Waals surface area contributed by atoms with Gasteiger partial charge in [0, 0.05) is 17.9 Å². The number of amidine groups is 1. The van der Waals surface area contributed by atoms with Gasteiger partial charge < -0.3 is 15.2 Å². The average molecular weight is 348 g/mol. The molecule has 0 amide bonds. The van der Waals surface area contributed by atoms with Gasteiger partial charge in [-0.3, -0.25) is 5.41 Å². The lowest BCUT2D eigenvalue weighted by Crippen LogP contribution is -2.12. The molecule has 2 aromatic carbocycles. The van der Waals surface area contributed by atoms with Crippen LogP contribution in [0.15, 0.2) is 47.4 Å². The van der Waals surface area contributed by atoms with Crippen LogP contribution in [-0.4, -0.2) is 26.6 Å². The maximum absolute atomic E-state index is 11.5. The average Bonchev–Trinajstić information content (AvgIpc) is 2.45. The van der Waals surface area contributed by atoms with Crippen LogP contribution < -0.4 is 15.2 Å². The van der Waals surface area contributed by atoms with E-state index in [2.05, 4.69) is 0 Å². The van der Waals surface area contributed by atoms with E-state index in [9.17, 15) is 8.42 Å². The summed E-state index contributed by atoms with van der Waals surface area (Å²) in [6.45, 7) is 3.79. The SMILES string of the molecule is CC(C)Oc1cc(Oc2ccc(S(C)(=O)=O)cc2)cc(C(=N)N)c1. The van der Waals surface area contributed by atoms with Gasteiger partial charge in [-0.25, -0.2) is 8.42 Å². The summed E-state index contributed by atoms with van der Waals surface area (Å²) in [4.78, 5) is 0.219. The van der Waals surface area contributed by atoms with E-state index in [1.165, 1.54) is 12.1 Å². The number of ether oxygens (including phenoxy) is 2. The topological polar surface area (TPSA) is 102 Å². The molecule has 2 aromatic rings. The lowest BCUT2D eigenvalue weighted by molar-refractivity contribution is 0.241. The maximum Gasteiger partial charge on any atom is 0.175 e. The zero-order valence-corrected chi connectivity index (χ0v) is 14.6. The standard InChI is InChI=1S/C17H20N2O4S/c1-11(2)22-14-8-12(17(18)19)9-15(10-14)23-13-4-6-16(7-5-13)24(3,20)21/h4-11H,1-3H3,(H3,18,19). The van der Waals surface area contributed by atoms with Gasteiger partial charge in [-0.2, -0.15) is 0 Å². The lowest BCUT2D eigenvalue weighted by atomic mass is 10.2. The Morgan fingerprint density at radius 3 is 2.12 bits per heavy atom. The first-order chi connectivity index (χ1) is 11.1. The van der Waals surface area contributed by atoms with Gasteiger partial charge in [-0.15, -0.1) is 0 Å². The summed E-state index contributed by atoms with van der Waals surface area (Å²) in [5, 5.41) is 7.59. The fraction of sp³-hybridized carbons (Fsp3) is 0.235. The van der Waals surface area contributed by atoms with Crippen molar-refractivity contribution in [3.8, 4) is 17.2 Å². The Bertz CT molecular complexity index is 843. The normalized spacial score (nSPS) is 11.3. The Labute approximate surface area is 141 Å². The molecule has 6 nitrogen and oxygen atoms in total. The third-order valence-electron chi connectivity index (χ3n) is 3.05. The summed E-state index contributed by atoms with van der Waals surface area (Å²) in [5.74, 6) is 1.37. The third-order valence-corrected chi connectivity index (χ3v) is 4.18. The number of benzene rings is 2. The van der Waals surface area contributed by atoms with Crippen molar-refractivity contribution in [3.63, 3.8) is 0 Å². The molecule has 0 spiro atoms. The van der Waals surface area contributed by atoms with Gasteiger partial charge in [0.25, 0.3) is 0 Å². The molecular formula is C17H20N2O4S. The van der Waals surface area contributed by atoms with Crippen LogP contribution in [0.4, 0.5) is 0 Å². The van der Waals surface area contributed by atoms with Gasteiger partial charge in [-0.05, 0) is 50.2 Å². The van der Waals surface area contributed by atoms with Crippen molar-refractivity contribution in [3.05, 3.63) is 48.0 Å². The number of nitrogens with two attached hydrogens (primary N) is 1. The smallest absolute Gasteiger partial charge is 0.175 e. The summed E-state index contributed by atoms with van der Waals surface area (Å²) >= 11 is 0. The van der Waals surface area contributed by atoms with Gasteiger partial charge >= 0.3 is 0 Å². The zero-order chi connectivity index (χ0) is 17.9. The van der Waals surface area contributed by atoms with Crippen LogP contribution in [0.2, 0.25) is 0 Å².